The minimum Gasteiger partial charge on any atom is -0.495 e. The summed E-state index contributed by atoms with van der Waals surface area (Å²) in [5.41, 5.74) is 0.283. The molecule has 0 aliphatic carbocycles. The number of amides is 1. The van der Waals surface area contributed by atoms with E-state index in [1.807, 2.05) is 24.3 Å². The number of rotatable bonds is 8. The molecule has 2 atom stereocenters. The summed E-state index contributed by atoms with van der Waals surface area (Å²) >= 11 is 0. The van der Waals surface area contributed by atoms with E-state index in [1.54, 1.807) is 26.0 Å². The zero-order valence-electron chi connectivity index (χ0n) is 20.2. The Morgan fingerprint density at radius 1 is 1.03 bits per heavy atom. The molecule has 3 aromatic carbocycles. The number of alkyl halides is 3. The molecule has 1 amide bonds. The number of hydrogen-bond acceptors (Lipinski definition) is 5. The van der Waals surface area contributed by atoms with E-state index in [2.05, 4.69) is 10.0 Å². The van der Waals surface area contributed by atoms with Crippen molar-refractivity contribution in [1.29, 1.82) is 0 Å². The van der Waals surface area contributed by atoms with E-state index in [0.717, 1.165) is 29.0 Å². The van der Waals surface area contributed by atoms with Crippen molar-refractivity contribution in [1.82, 2.24) is 4.72 Å². The molecule has 1 aromatic heterocycles. The summed E-state index contributed by atoms with van der Waals surface area (Å²) < 4.78 is 79.0. The van der Waals surface area contributed by atoms with Crippen LogP contribution in [0.3, 0.4) is 0 Å². The third kappa shape index (κ3) is 5.42. The van der Waals surface area contributed by atoms with Gasteiger partial charge in [-0.2, -0.15) is 17.9 Å². The average Bonchev–Trinajstić information content (AvgIpc) is 3.23. The molecule has 1 heterocycles. The number of ether oxygens (including phenoxy) is 1. The standard InChI is InChI=1S/C26H25F3N2O5S/c1-4-15(2)24(31-37(33,34)17-9-7-8-16(12-17)26(27,28)29)25(32)30-20-14-22-19(13-23(20)35-3)18-10-5-6-11-21(18)36-22/h5-15,24,31H,4H2,1-3H3,(H,30,32)/t15-,24-/m0/s1. The first kappa shape index (κ1) is 26.5. The Hall–Kier alpha value is -3.57. The molecule has 0 radical (unpaired) electrons. The Balaban J connectivity index is 1.66. The maximum atomic E-state index is 13.3. The van der Waals surface area contributed by atoms with Crippen molar-refractivity contribution >= 4 is 43.6 Å². The number of para-hydroxylation sites is 1. The summed E-state index contributed by atoms with van der Waals surface area (Å²) in [6.45, 7) is 3.43. The number of fused-ring (bicyclic) bond motifs is 3. The first-order valence-corrected chi connectivity index (χ1v) is 12.9. The molecule has 0 saturated heterocycles. The van der Waals surface area contributed by atoms with Crippen LogP contribution in [0, 0.1) is 5.92 Å². The monoisotopic (exact) mass is 534 g/mol. The highest BCUT2D eigenvalue weighted by Gasteiger charge is 2.34. The van der Waals surface area contributed by atoms with Crippen LogP contribution in [0.15, 0.2) is 70.0 Å². The molecule has 0 fully saturated rings. The van der Waals surface area contributed by atoms with Gasteiger partial charge in [-0.1, -0.05) is 44.5 Å². The second-order valence-electron chi connectivity index (χ2n) is 8.65. The van der Waals surface area contributed by atoms with Crippen LogP contribution in [0.5, 0.6) is 5.75 Å². The molecule has 0 bridgehead atoms. The lowest BCUT2D eigenvalue weighted by Gasteiger charge is -2.24. The van der Waals surface area contributed by atoms with Gasteiger partial charge in [-0.25, -0.2) is 8.42 Å². The van der Waals surface area contributed by atoms with Crippen LogP contribution in [-0.4, -0.2) is 27.5 Å². The van der Waals surface area contributed by atoms with Crippen LogP contribution < -0.4 is 14.8 Å². The fraction of sp³-hybridized carbons (Fsp3) is 0.269. The number of benzene rings is 3. The quantitative estimate of drug-likeness (QED) is 0.291. The topological polar surface area (TPSA) is 97.6 Å². The van der Waals surface area contributed by atoms with Gasteiger partial charge in [0.25, 0.3) is 0 Å². The maximum absolute atomic E-state index is 13.3. The molecule has 2 N–H and O–H groups in total. The normalized spacial score (nSPS) is 14.0. The molecule has 0 aliphatic heterocycles. The zero-order chi connectivity index (χ0) is 27.0. The Labute approximate surface area is 211 Å². The number of furan rings is 1. The summed E-state index contributed by atoms with van der Waals surface area (Å²) in [5, 5.41) is 4.33. The lowest BCUT2D eigenvalue weighted by molar-refractivity contribution is -0.137. The van der Waals surface area contributed by atoms with Crippen molar-refractivity contribution in [3.05, 3.63) is 66.2 Å². The lowest BCUT2D eigenvalue weighted by Crippen LogP contribution is -2.47. The molecule has 196 valence electrons. The number of sulfonamides is 1. The molecule has 37 heavy (non-hydrogen) atoms. The van der Waals surface area contributed by atoms with Crippen molar-refractivity contribution in [3.63, 3.8) is 0 Å². The van der Waals surface area contributed by atoms with Gasteiger partial charge in [0, 0.05) is 16.8 Å². The summed E-state index contributed by atoms with van der Waals surface area (Å²) in [7, 11) is -3.03. The molecule has 4 rings (SSSR count). The van der Waals surface area contributed by atoms with E-state index < -0.39 is 44.5 Å². The molecule has 4 aromatic rings. The van der Waals surface area contributed by atoms with Crippen LogP contribution in [0.1, 0.15) is 25.8 Å². The average molecular weight is 535 g/mol. The van der Waals surface area contributed by atoms with Gasteiger partial charge in [0.05, 0.1) is 23.3 Å². The van der Waals surface area contributed by atoms with E-state index >= 15 is 0 Å². The number of anilines is 1. The molecular formula is C26H25F3N2O5S. The van der Waals surface area contributed by atoms with E-state index in [9.17, 15) is 26.4 Å². The highest BCUT2D eigenvalue weighted by atomic mass is 32.2. The van der Waals surface area contributed by atoms with Crippen LogP contribution in [0.25, 0.3) is 21.9 Å². The predicted octanol–water partition coefficient (Wildman–Crippen LogP) is 5.95. The number of hydrogen-bond donors (Lipinski definition) is 2. The second-order valence-corrected chi connectivity index (χ2v) is 10.4. The number of methoxy groups -OCH3 is 1. The van der Waals surface area contributed by atoms with Crippen molar-refractivity contribution in [3.8, 4) is 5.75 Å². The largest absolute Gasteiger partial charge is 0.495 e. The smallest absolute Gasteiger partial charge is 0.416 e. The third-order valence-electron chi connectivity index (χ3n) is 6.21. The van der Waals surface area contributed by atoms with Gasteiger partial charge < -0.3 is 14.5 Å². The Morgan fingerprint density at radius 2 is 1.76 bits per heavy atom. The minimum atomic E-state index is -4.72. The van der Waals surface area contributed by atoms with Gasteiger partial charge in [-0.15, -0.1) is 0 Å². The van der Waals surface area contributed by atoms with Crippen molar-refractivity contribution in [2.45, 2.75) is 37.4 Å². The molecule has 0 aliphatic rings. The number of carbonyl (C=O) groups is 1. The van der Waals surface area contributed by atoms with Crippen molar-refractivity contribution in [2.75, 3.05) is 12.4 Å². The van der Waals surface area contributed by atoms with Gasteiger partial charge in [-0.3, -0.25) is 4.79 Å². The fourth-order valence-corrected chi connectivity index (χ4v) is 5.32. The highest BCUT2D eigenvalue weighted by Crippen LogP contribution is 2.36. The minimum absolute atomic E-state index is 0.255. The van der Waals surface area contributed by atoms with Gasteiger partial charge in [0.15, 0.2) is 0 Å². The third-order valence-corrected chi connectivity index (χ3v) is 7.64. The molecular weight excluding hydrogens is 509 g/mol. The predicted molar refractivity (Wildman–Crippen MR) is 134 cm³/mol. The highest BCUT2D eigenvalue weighted by molar-refractivity contribution is 7.89. The molecule has 11 heteroatoms. The summed E-state index contributed by atoms with van der Waals surface area (Å²) in [5.74, 6) is -0.851. The van der Waals surface area contributed by atoms with Crippen molar-refractivity contribution in [2.24, 2.45) is 5.92 Å². The molecule has 0 saturated carbocycles. The summed E-state index contributed by atoms with van der Waals surface area (Å²) in [6, 6.07) is 12.8. The number of halogens is 3. The van der Waals surface area contributed by atoms with Gasteiger partial charge in [0.1, 0.15) is 23.0 Å². The van der Waals surface area contributed by atoms with Crippen LogP contribution in [0.2, 0.25) is 0 Å². The molecule has 0 unspecified atom stereocenters. The van der Waals surface area contributed by atoms with E-state index in [-0.39, 0.29) is 5.69 Å². The Bertz CT molecular complexity index is 1560. The van der Waals surface area contributed by atoms with Crippen LogP contribution in [-0.2, 0) is 21.0 Å². The van der Waals surface area contributed by atoms with Crippen LogP contribution >= 0.6 is 0 Å². The second kappa shape index (κ2) is 10.1. The molecule has 7 nitrogen and oxygen atoms in total. The van der Waals surface area contributed by atoms with Crippen molar-refractivity contribution < 1.29 is 35.5 Å². The Morgan fingerprint density at radius 3 is 2.43 bits per heavy atom. The van der Waals surface area contributed by atoms with Gasteiger partial charge in [-0.05, 0) is 36.2 Å². The lowest BCUT2D eigenvalue weighted by atomic mass is 9.99. The maximum Gasteiger partial charge on any atom is 0.416 e. The Kier molecular flexibility index (Phi) is 7.20. The van der Waals surface area contributed by atoms with Gasteiger partial charge >= 0.3 is 6.18 Å². The SMILES string of the molecule is CC[C@H](C)[C@H](NS(=O)(=O)c1cccc(C(F)(F)F)c1)C(=O)Nc1cc2oc3ccccc3c2cc1OC. The van der Waals surface area contributed by atoms with E-state index in [4.69, 9.17) is 9.15 Å². The summed E-state index contributed by atoms with van der Waals surface area (Å²) in [4.78, 5) is 12.7. The number of nitrogens with one attached hydrogen (secondary N) is 2. The summed E-state index contributed by atoms with van der Waals surface area (Å²) in [6.07, 6.45) is -4.30. The molecule has 0 spiro atoms. The van der Waals surface area contributed by atoms with Crippen LogP contribution in [0.4, 0.5) is 18.9 Å². The van der Waals surface area contributed by atoms with E-state index in [1.165, 1.54) is 7.11 Å². The van der Waals surface area contributed by atoms with E-state index in [0.29, 0.717) is 29.4 Å². The fourth-order valence-electron chi connectivity index (χ4n) is 3.97. The first-order chi connectivity index (χ1) is 17.4. The van der Waals surface area contributed by atoms with Gasteiger partial charge in [0.2, 0.25) is 15.9 Å². The number of carbonyl (C=O) groups excluding carboxylic acids is 1. The zero-order valence-corrected chi connectivity index (χ0v) is 21.0. The first-order valence-electron chi connectivity index (χ1n) is 11.4.